The van der Waals surface area contributed by atoms with E-state index in [1.165, 1.54) is 7.11 Å². The normalized spacial score (nSPS) is 9.77. The quantitative estimate of drug-likeness (QED) is 0.771. The van der Waals surface area contributed by atoms with Gasteiger partial charge in [0.05, 0.1) is 22.7 Å². The maximum absolute atomic E-state index is 9.22. The molecule has 0 atom stereocenters. The first kappa shape index (κ1) is 10.2. The Labute approximate surface area is 86.4 Å². The molecule has 0 aliphatic carbocycles. The average molecular weight is 219 g/mol. The maximum Gasteiger partial charge on any atom is 0.149 e. The van der Waals surface area contributed by atoms with Crippen molar-refractivity contribution in [3.63, 3.8) is 0 Å². The molecule has 0 radical (unpaired) electrons. The lowest BCUT2D eigenvalue weighted by atomic mass is 10.2. The summed E-state index contributed by atoms with van der Waals surface area (Å²) in [5.74, 6) is 0.172. The SMILES string of the molecule is C=C(O)c1c(Cl)ccc(Cl)c1OC. The predicted molar refractivity (Wildman–Crippen MR) is 54.7 cm³/mol. The third-order valence-corrected chi connectivity index (χ3v) is 2.16. The molecule has 4 heteroatoms. The summed E-state index contributed by atoms with van der Waals surface area (Å²) in [6, 6.07) is 3.16. The number of aliphatic hydroxyl groups excluding tert-OH is 1. The fourth-order valence-electron chi connectivity index (χ4n) is 1.00. The van der Waals surface area contributed by atoms with Crippen molar-refractivity contribution in [3.8, 4) is 5.75 Å². The van der Waals surface area contributed by atoms with Crippen LogP contribution >= 0.6 is 23.2 Å². The van der Waals surface area contributed by atoms with Crippen LogP contribution in [0.2, 0.25) is 10.0 Å². The minimum Gasteiger partial charge on any atom is -0.508 e. The monoisotopic (exact) mass is 218 g/mol. The second-order valence-corrected chi connectivity index (χ2v) is 3.20. The number of benzene rings is 1. The van der Waals surface area contributed by atoms with E-state index in [0.717, 1.165) is 0 Å². The molecule has 0 unspecified atom stereocenters. The van der Waals surface area contributed by atoms with E-state index in [2.05, 4.69) is 6.58 Å². The van der Waals surface area contributed by atoms with E-state index in [0.29, 0.717) is 21.4 Å². The first-order valence-corrected chi connectivity index (χ1v) is 4.23. The number of ether oxygens (including phenoxy) is 1. The van der Waals surface area contributed by atoms with Gasteiger partial charge in [-0.05, 0) is 12.1 Å². The summed E-state index contributed by atoms with van der Waals surface area (Å²) in [7, 11) is 1.45. The zero-order valence-corrected chi connectivity index (χ0v) is 8.49. The van der Waals surface area contributed by atoms with Gasteiger partial charge in [0.15, 0.2) is 0 Å². The smallest absolute Gasteiger partial charge is 0.149 e. The molecule has 70 valence electrons. The number of halogens is 2. The van der Waals surface area contributed by atoms with Crippen LogP contribution in [0.5, 0.6) is 5.75 Å². The Balaban J connectivity index is 3.43. The van der Waals surface area contributed by atoms with Crippen molar-refractivity contribution < 1.29 is 9.84 Å². The van der Waals surface area contributed by atoms with Gasteiger partial charge < -0.3 is 9.84 Å². The minimum absolute atomic E-state index is 0.163. The standard InChI is InChI=1S/C9H8Cl2O2/c1-5(12)8-6(10)3-4-7(11)9(8)13-2/h3-4,12H,1H2,2H3. The highest BCUT2D eigenvalue weighted by atomic mass is 35.5. The van der Waals surface area contributed by atoms with Crippen molar-refractivity contribution in [2.24, 2.45) is 0 Å². The van der Waals surface area contributed by atoms with E-state index in [1.807, 2.05) is 0 Å². The number of aliphatic hydroxyl groups is 1. The molecule has 1 rings (SSSR count). The molecule has 0 aromatic heterocycles. The second kappa shape index (κ2) is 3.90. The van der Waals surface area contributed by atoms with Crippen molar-refractivity contribution in [2.75, 3.05) is 7.11 Å². The molecule has 0 heterocycles. The van der Waals surface area contributed by atoms with Crippen LogP contribution in [-0.2, 0) is 0 Å². The lowest BCUT2D eigenvalue weighted by molar-refractivity contribution is 0.409. The lowest BCUT2D eigenvalue weighted by Crippen LogP contribution is -1.92. The molecule has 1 aromatic carbocycles. The first-order chi connectivity index (χ1) is 6.07. The molecule has 0 fully saturated rings. The molecule has 0 aliphatic rings. The van der Waals surface area contributed by atoms with Crippen LogP contribution in [-0.4, -0.2) is 12.2 Å². The molecule has 13 heavy (non-hydrogen) atoms. The molecule has 2 nitrogen and oxygen atoms in total. The van der Waals surface area contributed by atoms with Crippen LogP contribution in [0, 0.1) is 0 Å². The summed E-state index contributed by atoms with van der Waals surface area (Å²) >= 11 is 11.6. The van der Waals surface area contributed by atoms with E-state index in [1.54, 1.807) is 12.1 Å². The van der Waals surface area contributed by atoms with Gasteiger partial charge in [-0.3, -0.25) is 0 Å². The average Bonchev–Trinajstić information content (AvgIpc) is 2.07. The Bertz CT molecular complexity index is 348. The number of rotatable bonds is 2. The Morgan fingerprint density at radius 1 is 1.38 bits per heavy atom. The topological polar surface area (TPSA) is 29.5 Å². The Morgan fingerprint density at radius 2 is 1.92 bits per heavy atom. The molecule has 1 aromatic rings. The van der Waals surface area contributed by atoms with Crippen molar-refractivity contribution >= 4 is 29.0 Å². The van der Waals surface area contributed by atoms with E-state index in [-0.39, 0.29) is 5.76 Å². The third kappa shape index (κ3) is 1.90. The van der Waals surface area contributed by atoms with Crippen LogP contribution in [0.25, 0.3) is 5.76 Å². The van der Waals surface area contributed by atoms with Crippen LogP contribution in [0.4, 0.5) is 0 Å². The van der Waals surface area contributed by atoms with Gasteiger partial charge in [0.25, 0.3) is 0 Å². The van der Waals surface area contributed by atoms with Crippen LogP contribution < -0.4 is 4.74 Å². The summed E-state index contributed by atoms with van der Waals surface area (Å²) in [6.45, 7) is 3.37. The molecule has 0 spiro atoms. The fraction of sp³-hybridized carbons (Fsp3) is 0.111. The Hall–Kier alpha value is -0.860. The van der Waals surface area contributed by atoms with E-state index in [9.17, 15) is 5.11 Å². The number of hydrogen-bond acceptors (Lipinski definition) is 2. The molecule has 0 bridgehead atoms. The maximum atomic E-state index is 9.22. The van der Waals surface area contributed by atoms with Crippen LogP contribution in [0.3, 0.4) is 0 Å². The van der Waals surface area contributed by atoms with Crippen LogP contribution in [0.15, 0.2) is 18.7 Å². The first-order valence-electron chi connectivity index (χ1n) is 3.48. The Morgan fingerprint density at radius 3 is 2.31 bits per heavy atom. The van der Waals surface area contributed by atoms with Crippen molar-refractivity contribution in [2.45, 2.75) is 0 Å². The van der Waals surface area contributed by atoms with Crippen LogP contribution in [0.1, 0.15) is 5.56 Å². The minimum atomic E-state index is -0.163. The molecule has 0 amide bonds. The van der Waals surface area contributed by atoms with Gasteiger partial charge in [0.2, 0.25) is 0 Å². The summed E-state index contributed by atoms with van der Waals surface area (Å²) in [4.78, 5) is 0. The van der Waals surface area contributed by atoms with E-state index >= 15 is 0 Å². The highest BCUT2D eigenvalue weighted by Crippen LogP contribution is 2.36. The number of hydrogen-bond donors (Lipinski definition) is 1. The highest BCUT2D eigenvalue weighted by Gasteiger charge is 2.13. The molecular formula is C9H8Cl2O2. The molecular weight excluding hydrogens is 211 g/mol. The molecule has 0 saturated heterocycles. The van der Waals surface area contributed by atoms with Gasteiger partial charge in [-0.2, -0.15) is 0 Å². The summed E-state index contributed by atoms with van der Waals surface area (Å²) in [5, 5.41) is 9.96. The zero-order chi connectivity index (χ0) is 10.0. The molecule has 0 aliphatic heterocycles. The van der Waals surface area contributed by atoms with Crippen molar-refractivity contribution in [1.82, 2.24) is 0 Å². The van der Waals surface area contributed by atoms with E-state index in [4.69, 9.17) is 27.9 Å². The fourth-order valence-corrected chi connectivity index (χ4v) is 1.49. The third-order valence-electron chi connectivity index (χ3n) is 1.55. The van der Waals surface area contributed by atoms with Gasteiger partial charge in [0.1, 0.15) is 11.5 Å². The van der Waals surface area contributed by atoms with Gasteiger partial charge in [-0.25, -0.2) is 0 Å². The Kier molecular flexibility index (Phi) is 3.07. The summed E-state index contributed by atoms with van der Waals surface area (Å²) in [6.07, 6.45) is 0. The molecule has 1 N–H and O–H groups in total. The van der Waals surface area contributed by atoms with Crippen molar-refractivity contribution in [3.05, 3.63) is 34.3 Å². The van der Waals surface area contributed by atoms with Gasteiger partial charge in [-0.1, -0.05) is 29.8 Å². The largest absolute Gasteiger partial charge is 0.508 e. The van der Waals surface area contributed by atoms with Gasteiger partial charge >= 0.3 is 0 Å². The van der Waals surface area contributed by atoms with E-state index < -0.39 is 0 Å². The van der Waals surface area contributed by atoms with Gasteiger partial charge in [0, 0.05) is 0 Å². The predicted octanol–water partition coefficient (Wildman–Crippen LogP) is 3.53. The summed E-state index contributed by atoms with van der Waals surface area (Å²) in [5.41, 5.74) is 0.330. The second-order valence-electron chi connectivity index (χ2n) is 2.38. The zero-order valence-electron chi connectivity index (χ0n) is 6.97. The molecule has 0 saturated carbocycles. The number of methoxy groups -OCH3 is 1. The highest BCUT2D eigenvalue weighted by molar-refractivity contribution is 6.35. The summed E-state index contributed by atoms with van der Waals surface area (Å²) < 4.78 is 4.98. The van der Waals surface area contributed by atoms with Crippen molar-refractivity contribution in [1.29, 1.82) is 0 Å². The van der Waals surface area contributed by atoms with Gasteiger partial charge in [-0.15, -0.1) is 0 Å². The lowest BCUT2D eigenvalue weighted by Gasteiger charge is -2.10.